The predicted octanol–water partition coefficient (Wildman–Crippen LogP) is 2.83. The fraction of sp³-hybridized carbons (Fsp3) is 0.385. The summed E-state index contributed by atoms with van der Waals surface area (Å²) >= 11 is 6.54. The van der Waals surface area contributed by atoms with Gasteiger partial charge in [-0.1, -0.05) is 5.92 Å². The standard InChI is InChI=1S/C13H14Br2N2O2S/c1-2-5-17(8-9-3-4-9)20(18,19)13-11(14)6-10(16)7-12(13)15/h1,6-7,9H,3-5,8,16H2. The molecule has 0 radical (unpaired) electrons. The minimum Gasteiger partial charge on any atom is -0.399 e. The molecular weight excluding hydrogens is 408 g/mol. The Bertz CT molecular complexity index is 640. The van der Waals surface area contributed by atoms with Crippen molar-refractivity contribution in [1.82, 2.24) is 4.31 Å². The summed E-state index contributed by atoms with van der Waals surface area (Å²) in [4.78, 5) is 0.169. The van der Waals surface area contributed by atoms with Crippen molar-refractivity contribution >= 4 is 47.6 Å². The van der Waals surface area contributed by atoms with E-state index < -0.39 is 10.0 Å². The monoisotopic (exact) mass is 420 g/mol. The van der Waals surface area contributed by atoms with E-state index in [1.165, 1.54) is 4.31 Å². The molecule has 2 rings (SSSR count). The molecule has 0 bridgehead atoms. The highest BCUT2D eigenvalue weighted by Crippen LogP contribution is 2.36. The summed E-state index contributed by atoms with van der Waals surface area (Å²) in [5, 5.41) is 0. The molecule has 1 fully saturated rings. The van der Waals surface area contributed by atoms with Gasteiger partial charge in [-0.3, -0.25) is 0 Å². The van der Waals surface area contributed by atoms with Gasteiger partial charge in [-0.2, -0.15) is 4.31 Å². The number of nitrogens with two attached hydrogens (primary N) is 1. The average molecular weight is 422 g/mol. The first-order chi connectivity index (χ1) is 9.36. The summed E-state index contributed by atoms with van der Waals surface area (Å²) in [5.41, 5.74) is 6.18. The van der Waals surface area contributed by atoms with Crippen LogP contribution in [0.2, 0.25) is 0 Å². The molecule has 1 saturated carbocycles. The van der Waals surface area contributed by atoms with E-state index >= 15 is 0 Å². The van der Waals surface area contributed by atoms with Gasteiger partial charge in [-0.25, -0.2) is 8.42 Å². The number of halogens is 2. The minimum absolute atomic E-state index is 0.0715. The maximum absolute atomic E-state index is 12.8. The zero-order valence-electron chi connectivity index (χ0n) is 10.6. The number of nitrogens with zero attached hydrogens (tertiary/aromatic N) is 1. The van der Waals surface area contributed by atoms with Crippen LogP contribution in [0.25, 0.3) is 0 Å². The molecule has 20 heavy (non-hydrogen) atoms. The van der Waals surface area contributed by atoms with Crippen LogP contribution in [-0.4, -0.2) is 25.8 Å². The van der Waals surface area contributed by atoms with Crippen LogP contribution in [0.1, 0.15) is 12.8 Å². The van der Waals surface area contributed by atoms with E-state index in [0.717, 1.165) is 12.8 Å². The molecule has 0 aromatic heterocycles. The molecule has 1 aliphatic carbocycles. The first kappa shape index (κ1) is 15.8. The van der Waals surface area contributed by atoms with Crippen LogP contribution >= 0.6 is 31.9 Å². The maximum atomic E-state index is 12.8. The zero-order valence-corrected chi connectivity index (χ0v) is 14.6. The summed E-state index contributed by atoms with van der Waals surface area (Å²) in [6, 6.07) is 3.14. The molecule has 0 spiro atoms. The first-order valence-electron chi connectivity index (χ1n) is 6.04. The maximum Gasteiger partial charge on any atom is 0.246 e. The molecule has 0 heterocycles. The van der Waals surface area contributed by atoms with Gasteiger partial charge in [0, 0.05) is 21.2 Å². The van der Waals surface area contributed by atoms with Gasteiger partial charge in [0.15, 0.2) is 0 Å². The lowest BCUT2D eigenvalue weighted by Crippen LogP contribution is -2.33. The van der Waals surface area contributed by atoms with Crippen molar-refractivity contribution < 1.29 is 8.42 Å². The van der Waals surface area contributed by atoms with Crippen molar-refractivity contribution in [2.45, 2.75) is 17.7 Å². The summed E-state index contributed by atoms with van der Waals surface area (Å²) in [6.45, 7) is 0.540. The Hall–Kier alpha value is -0.550. The Morgan fingerprint density at radius 3 is 2.35 bits per heavy atom. The lowest BCUT2D eigenvalue weighted by molar-refractivity contribution is 0.429. The Balaban J connectivity index is 2.44. The van der Waals surface area contributed by atoms with Crippen molar-refractivity contribution in [2.75, 3.05) is 18.8 Å². The smallest absolute Gasteiger partial charge is 0.246 e. The molecule has 0 aliphatic heterocycles. The average Bonchev–Trinajstić information content (AvgIpc) is 3.10. The van der Waals surface area contributed by atoms with E-state index in [4.69, 9.17) is 12.2 Å². The lowest BCUT2D eigenvalue weighted by Gasteiger charge is -2.21. The number of rotatable bonds is 5. The van der Waals surface area contributed by atoms with Gasteiger partial charge < -0.3 is 5.73 Å². The largest absolute Gasteiger partial charge is 0.399 e. The van der Waals surface area contributed by atoms with E-state index in [1.54, 1.807) is 12.1 Å². The van der Waals surface area contributed by atoms with E-state index in [2.05, 4.69) is 37.8 Å². The highest BCUT2D eigenvalue weighted by Gasteiger charge is 2.33. The highest BCUT2D eigenvalue weighted by atomic mass is 79.9. The van der Waals surface area contributed by atoms with Crippen LogP contribution in [0.15, 0.2) is 26.0 Å². The van der Waals surface area contributed by atoms with Gasteiger partial charge in [-0.15, -0.1) is 6.42 Å². The highest BCUT2D eigenvalue weighted by molar-refractivity contribution is 9.11. The molecule has 1 aromatic rings. The third-order valence-corrected chi connectivity index (χ3v) is 6.73. The molecule has 4 nitrogen and oxygen atoms in total. The third kappa shape index (κ3) is 3.37. The topological polar surface area (TPSA) is 63.4 Å². The van der Waals surface area contributed by atoms with Gasteiger partial charge in [0.1, 0.15) is 4.90 Å². The van der Waals surface area contributed by atoms with Crippen LogP contribution in [-0.2, 0) is 10.0 Å². The van der Waals surface area contributed by atoms with E-state index in [1.807, 2.05) is 0 Å². The number of nitrogen functional groups attached to an aromatic ring is 1. The summed E-state index contributed by atoms with van der Waals surface area (Å²) < 4.78 is 27.8. The van der Waals surface area contributed by atoms with E-state index in [-0.39, 0.29) is 11.4 Å². The van der Waals surface area contributed by atoms with Crippen molar-refractivity contribution in [3.05, 3.63) is 21.1 Å². The Morgan fingerprint density at radius 2 is 1.90 bits per heavy atom. The molecule has 1 aromatic carbocycles. The molecular formula is C13H14Br2N2O2S. The second-order valence-electron chi connectivity index (χ2n) is 4.76. The fourth-order valence-electron chi connectivity index (χ4n) is 1.89. The van der Waals surface area contributed by atoms with Gasteiger partial charge >= 0.3 is 0 Å². The van der Waals surface area contributed by atoms with E-state index in [9.17, 15) is 8.42 Å². The molecule has 2 N–H and O–H groups in total. The second-order valence-corrected chi connectivity index (χ2v) is 8.34. The molecule has 108 valence electrons. The number of hydrogen-bond acceptors (Lipinski definition) is 3. The summed E-state index contributed by atoms with van der Waals surface area (Å²) in [7, 11) is -3.65. The molecule has 1 aliphatic rings. The molecule has 7 heteroatoms. The number of hydrogen-bond donors (Lipinski definition) is 1. The summed E-state index contributed by atoms with van der Waals surface area (Å²) in [5.74, 6) is 2.84. The first-order valence-corrected chi connectivity index (χ1v) is 9.07. The Labute approximate surface area is 136 Å². The van der Waals surface area contributed by atoms with Crippen LogP contribution in [0.4, 0.5) is 5.69 Å². The molecule has 0 amide bonds. The van der Waals surface area contributed by atoms with Crippen LogP contribution in [0, 0.1) is 18.3 Å². The van der Waals surface area contributed by atoms with E-state index in [0.29, 0.717) is 27.1 Å². The number of anilines is 1. The number of benzene rings is 1. The van der Waals surface area contributed by atoms with Crippen LogP contribution in [0.5, 0.6) is 0 Å². The third-order valence-electron chi connectivity index (χ3n) is 3.04. The van der Waals surface area contributed by atoms with Crippen molar-refractivity contribution in [3.63, 3.8) is 0 Å². The van der Waals surface area contributed by atoms with Crippen LogP contribution in [0.3, 0.4) is 0 Å². The molecule has 0 unspecified atom stereocenters. The SMILES string of the molecule is C#CCN(CC1CC1)S(=O)(=O)c1c(Br)cc(N)cc1Br. The normalized spacial score (nSPS) is 15.3. The summed E-state index contributed by atoms with van der Waals surface area (Å²) in [6.07, 6.45) is 7.41. The zero-order chi connectivity index (χ0) is 14.9. The van der Waals surface area contributed by atoms with Gasteiger partial charge in [-0.05, 0) is 62.8 Å². The van der Waals surface area contributed by atoms with Crippen molar-refractivity contribution in [1.29, 1.82) is 0 Å². The Kier molecular flexibility index (Phi) is 4.80. The Morgan fingerprint density at radius 1 is 1.35 bits per heavy atom. The second kappa shape index (κ2) is 6.06. The van der Waals surface area contributed by atoms with Crippen LogP contribution < -0.4 is 5.73 Å². The fourth-order valence-corrected chi connectivity index (χ4v) is 5.86. The predicted molar refractivity (Wildman–Crippen MR) is 86.6 cm³/mol. The quantitative estimate of drug-likeness (QED) is 0.587. The lowest BCUT2D eigenvalue weighted by atomic mass is 10.3. The van der Waals surface area contributed by atoms with Crippen molar-refractivity contribution in [3.8, 4) is 12.3 Å². The van der Waals surface area contributed by atoms with Crippen molar-refractivity contribution in [2.24, 2.45) is 5.92 Å². The van der Waals surface area contributed by atoms with Gasteiger partial charge in [0.2, 0.25) is 10.0 Å². The van der Waals surface area contributed by atoms with Gasteiger partial charge in [0.05, 0.1) is 6.54 Å². The molecule has 0 saturated heterocycles. The molecule has 0 atom stereocenters. The number of sulfonamides is 1. The van der Waals surface area contributed by atoms with Gasteiger partial charge in [0.25, 0.3) is 0 Å². The number of terminal acetylenes is 1. The minimum atomic E-state index is -3.65.